The van der Waals surface area contributed by atoms with Gasteiger partial charge in [0.15, 0.2) is 6.10 Å². The monoisotopic (exact) mass is 384 g/mol. The number of aryl methyl sites for hydroxylation is 1. The molecule has 0 saturated carbocycles. The van der Waals surface area contributed by atoms with Gasteiger partial charge in [0.2, 0.25) is 11.0 Å². The van der Waals surface area contributed by atoms with Crippen LogP contribution in [0.3, 0.4) is 0 Å². The number of carbonyl (C=O) groups is 2. The summed E-state index contributed by atoms with van der Waals surface area (Å²) in [7, 11) is 0. The molecule has 0 radical (unpaired) electrons. The number of nitrogens with zero attached hydrogens (tertiary/aromatic N) is 2. The Hall–Kier alpha value is -2.46. The Bertz CT molecular complexity index is 779. The maximum atomic E-state index is 13.2. The zero-order valence-corrected chi connectivity index (χ0v) is 14.9. The van der Waals surface area contributed by atoms with E-state index in [-0.39, 0.29) is 10.7 Å². The fourth-order valence-corrected chi connectivity index (χ4v) is 2.83. The van der Waals surface area contributed by atoms with Gasteiger partial charge in [0.1, 0.15) is 22.7 Å². The minimum absolute atomic E-state index is 0.240. The smallest absolute Gasteiger partial charge is 0.254 e. The summed E-state index contributed by atoms with van der Waals surface area (Å²) in [6.45, 7) is 3.55. The zero-order valence-electron chi connectivity index (χ0n) is 14.1. The molecule has 26 heavy (non-hydrogen) atoms. The number of carbonyl (C=O) groups excluding carboxylic acids is 2. The molecule has 2 amide bonds. The van der Waals surface area contributed by atoms with Gasteiger partial charge in [-0.2, -0.15) is 0 Å². The molecule has 1 unspecified atom stereocenters. The highest BCUT2D eigenvalue weighted by Crippen LogP contribution is 2.18. The predicted octanol–water partition coefficient (Wildman–Crippen LogP) is 2.08. The summed E-state index contributed by atoms with van der Waals surface area (Å²) >= 11 is 1.18. The number of nitrogens with one attached hydrogen (secondary N) is 2. The summed E-state index contributed by atoms with van der Waals surface area (Å²) < 4.78 is 26.5. The molecule has 10 heteroatoms. The number of rotatable bonds is 7. The highest BCUT2D eigenvalue weighted by Gasteiger charge is 2.26. The fourth-order valence-electron chi connectivity index (χ4n) is 2.23. The quantitative estimate of drug-likeness (QED) is 0.678. The average Bonchev–Trinajstić information content (AvgIpc) is 2.97. The Morgan fingerprint density at radius 3 is 2.38 bits per heavy atom. The number of anilines is 1. The van der Waals surface area contributed by atoms with Gasteiger partial charge in [-0.1, -0.05) is 24.7 Å². The van der Waals surface area contributed by atoms with Crippen LogP contribution in [0.25, 0.3) is 0 Å². The lowest BCUT2D eigenvalue weighted by Gasteiger charge is -2.19. The molecular weight excluding hydrogens is 366 g/mol. The lowest BCUT2D eigenvalue weighted by atomic mass is 10.1. The fraction of sp³-hybridized carbons (Fsp3) is 0.375. The summed E-state index contributed by atoms with van der Waals surface area (Å²) in [4.78, 5) is 24.5. The second-order valence-electron chi connectivity index (χ2n) is 5.57. The minimum Gasteiger partial charge on any atom is -0.378 e. The number of aliphatic hydroxyl groups excluding tert-OH is 1. The summed E-state index contributed by atoms with van der Waals surface area (Å²) in [5, 5.41) is 23.5. The molecule has 0 spiro atoms. The van der Waals surface area contributed by atoms with Gasteiger partial charge in [-0.3, -0.25) is 14.9 Å². The van der Waals surface area contributed by atoms with Crippen molar-refractivity contribution in [3.8, 4) is 0 Å². The summed E-state index contributed by atoms with van der Waals surface area (Å²) in [6.07, 6.45) is -0.922. The molecule has 1 aromatic heterocycles. The highest BCUT2D eigenvalue weighted by atomic mass is 32.1. The van der Waals surface area contributed by atoms with Crippen LogP contribution >= 0.6 is 11.3 Å². The third-order valence-electron chi connectivity index (χ3n) is 3.42. The zero-order chi connectivity index (χ0) is 19.3. The normalized spacial score (nSPS) is 13.1. The predicted molar refractivity (Wildman–Crippen MR) is 91.4 cm³/mol. The van der Waals surface area contributed by atoms with E-state index in [9.17, 15) is 23.5 Å². The number of hydrogen-bond donors (Lipinski definition) is 3. The summed E-state index contributed by atoms with van der Waals surface area (Å²) in [5.74, 6) is -3.28. The molecule has 0 bridgehead atoms. The van der Waals surface area contributed by atoms with Gasteiger partial charge in [-0.25, -0.2) is 8.78 Å². The lowest BCUT2D eigenvalue weighted by molar-refractivity contribution is -0.133. The molecule has 140 valence electrons. The van der Waals surface area contributed by atoms with Crippen molar-refractivity contribution in [2.75, 3.05) is 5.32 Å². The molecule has 3 N–H and O–H groups in total. The van der Waals surface area contributed by atoms with Crippen LogP contribution in [0.5, 0.6) is 0 Å². The Morgan fingerprint density at radius 1 is 1.19 bits per heavy atom. The SMILES string of the molecule is CCCC(NC(=O)[C@@H](O)c1cc(F)cc(F)c1)C(=O)Nc1nnc(C)s1. The van der Waals surface area contributed by atoms with Crippen molar-refractivity contribution >= 4 is 28.3 Å². The van der Waals surface area contributed by atoms with Crippen molar-refractivity contribution in [2.45, 2.75) is 38.8 Å². The van der Waals surface area contributed by atoms with Gasteiger partial charge < -0.3 is 10.4 Å². The Labute approximate surface area is 152 Å². The van der Waals surface area contributed by atoms with Crippen LogP contribution in [-0.2, 0) is 9.59 Å². The van der Waals surface area contributed by atoms with Crippen molar-refractivity contribution in [2.24, 2.45) is 0 Å². The number of aliphatic hydroxyl groups is 1. The minimum atomic E-state index is -1.81. The third kappa shape index (κ3) is 5.27. The van der Waals surface area contributed by atoms with E-state index in [4.69, 9.17) is 0 Å². The number of hydrogen-bond acceptors (Lipinski definition) is 6. The van der Waals surface area contributed by atoms with Crippen LogP contribution in [0.1, 0.15) is 36.4 Å². The molecule has 7 nitrogen and oxygen atoms in total. The molecule has 0 saturated heterocycles. The first-order chi connectivity index (χ1) is 12.3. The molecule has 2 atom stereocenters. The van der Waals surface area contributed by atoms with E-state index in [1.165, 1.54) is 11.3 Å². The first-order valence-electron chi connectivity index (χ1n) is 7.85. The first-order valence-corrected chi connectivity index (χ1v) is 8.67. The molecule has 0 aliphatic heterocycles. The summed E-state index contributed by atoms with van der Waals surface area (Å²) in [5.41, 5.74) is -0.240. The average molecular weight is 384 g/mol. The van der Waals surface area contributed by atoms with Crippen molar-refractivity contribution in [3.05, 3.63) is 40.4 Å². The third-order valence-corrected chi connectivity index (χ3v) is 4.17. The largest absolute Gasteiger partial charge is 0.378 e. The van der Waals surface area contributed by atoms with Gasteiger partial charge in [-0.05, 0) is 31.0 Å². The second kappa shape index (κ2) is 8.77. The van der Waals surface area contributed by atoms with E-state index >= 15 is 0 Å². The molecule has 0 fully saturated rings. The van der Waals surface area contributed by atoms with Gasteiger partial charge in [-0.15, -0.1) is 10.2 Å². The van der Waals surface area contributed by atoms with Gasteiger partial charge in [0.05, 0.1) is 0 Å². The highest BCUT2D eigenvalue weighted by molar-refractivity contribution is 7.15. The van der Waals surface area contributed by atoms with Crippen molar-refractivity contribution in [1.82, 2.24) is 15.5 Å². The van der Waals surface area contributed by atoms with E-state index in [0.29, 0.717) is 23.9 Å². The molecule has 1 heterocycles. The Balaban J connectivity index is 2.07. The van der Waals surface area contributed by atoms with Crippen molar-refractivity contribution < 1.29 is 23.5 Å². The van der Waals surface area contributed by atoms with Crippen LogP contribution in [-0.4, -0.2) is 33.2 Å². The maximum absolute atomic E-state index is 13.2. The number of benzene rings is 1. The maximum Gasteiger partial charge on any atom is 0.254 e. The molecule has 0 aliphatic rings. The molecule has 2 rings (SSSR count). The molecule has 1 aromatic carbocycles. The van der Waals surface area contributed by atoms with Crippen LogP contribution in [0.4, 0.5) is 13.9 Å². The van der Waals surface area contributed by atoms with E-state index in [1.54, 1.807) is 6.92 Å². The summed E-state index contributed by atoms with van der Waals surface area (Å²) in [6, 6.07) is 1.40. The van der Waals surface area contributed by atoms with Crippen molar-refractivity contribution in [3.63, 3.8) is 0 Å². The number of aromatic nitrogens is 2. The Morgan fingerprint density at radius 2 is 1.85 bits per heavy atom. The second-order valence-corrected chi connectivity index (χ2v) is 6.75. The van der Waals surface area contributed by atoms with Crippen LogP contribution < -0.4 is 10.6 Å². The Kier molecular flexibility index (Phi) is 6.70. The lowest BCUT2D eigenvalue weighted by Crippen LogP contribution is -2.45. The van der Waals surface area contributed by atoms with Crippen LogP contribution in [0.15, 0.2) is 18.2 Å². The van der Waals surface area contributed by atoms with Crippen LogP contribution in [0, 0.1) is 18.6 Å². The van der Waals surface area contributed by atoms with E-state index in [1.807, 2.05) is 6.92 Å². The van der Waals surface area contributed by atoms with E-state index in [2.05, 4.69) is 20.8 Å². The van der Waals surface area contributed by atoms with Gasteiger partial charge in [0.25, 0.3) is 5.91 Å². The van der Waals surface area contributed by atoms with Crippen LogP contribution in [0.2, 0.25) is 0 Å². The first kappa shape index (κ1) is 19.9. The van der Waals surface area contributed by atoms with E-state index < -0.39 is 35.6 Å². The van der Waals surface area contributed by atoms with E-state index in [0.717, 1.165) is 12.1 Å². The molecule has 2 aromatic rings. The standard InChI is InChI=1S/C16H18F2N4O3S/c1-3-4-12(14(24)20-16-22-21-8(2)26-16)19-15(25)13(23)9-5-10(17)7-11(18)6-9/h5-7,12-13,23H,3-4H2,1-2H3,(H,19,25)(H,20,22,24)/t12?,13-/m0/s1. The number of amides is 2. The number of halogens is 2. The molecule has 0 aliphatic carbocycles. The van der Waals surface area contributed by atoms with Gasteiger partial charge in [0, 0.05) is 6.07 Å². The molecular formula is C16H18F2N4O3S. The van der Waals surface area contributed by atoms with Gasteiger partial charge >= 0.3 is 0 Å². The topological polar surface area (TPSA) is 104 Å². The van der Waals surface area contributed by atoms with Crippen molar-refractivity contribution in [1.29, 1.82) is 0 Å².